The molecule has 2 rings (SSSR count). The van der Waals surface area contributed by atoms with Crippen LogP contribution in [-0.4, -0.2) is 61.4 Å². The Labute approximate surface area is 155 Å². The maximum atomic E-state index is 12.0. The average molecular weight is 377 g/mol. The third kappa shape index (κ3) is 7.38. The van der Waals surface area contributed by atoms with E-state index in [0.29, 0.717) is 25.1 Å². The smallest absolute Gasteiger partial charge is 0.224 e. The first-order valence-electron chi connectivity index (χ1n) is 7.62. The highest BCUT2D eigenvalue weighted by atomic mass is 35.5. The fourth-order valence-electron chi connectivity index (χ4n) is 2.41. The van der Waals surface area contributed by atoms with Crippen molar-refractivity contribution in [3.63, 3.8) is 0 Å². The maximum absolute atomic E-state index is 12.0. The molecule has 1 aromatic rings. The number of nitrogens with zero attached hydrogens (tertiary/aromatic N) is 2. The molecule has 0 spiro atoms. The van der Waals surface area contributed by atoms with Crippen molar-refractivity contribution in [3.05, 3.63) is 29.8 Å². The van der Waals surface area contributed by atoms with Gasteiger partial charge in [-0.05, 0) is 24.7 Å². The second kappa shape index (κ2) is 11.1. The van der Waals surface area contributed by atoms with Gasteiger partial charge < -0.3 is 20.9 Å². The minimum Gasteiger partial charge on any atom is -0.399 e. The van der Waals surface area contributed by atoms with E-state index in [9.17, 15) is 9.59 Å². The van der Waals surface area contributed by atoms with Gasteiger partial charge in [-0.25, -0.2) is 0 Å². The topological polar surface area (TPSA) is 78.7 Å². The zero-order valence-electron chi connectivity index (χ0n) is 13.9. The van der Waals surface area contributed by atoms with Gasteiger partial charge in [-0.2, -0.15) is 0 Å². The van der Waals surface area contributed by atoms with E-state index in [1.54, 1.807) is 12.1 Å². The predicted octanol–water partition coefficient (Wildman–Crippen LogP) is 0.935. The number of nitrogens with one attached hydrogen (secondary N) is 1. The zero-order chi connectivity index (χ0) is 15.9. The molecule has 3 N–H and O–H groups in total. The summed E-state index contributed by atoms with van der Waals surface area (Å²) in [7, 11) is 2.05. The van der Waals surface area contributed by atoms with Gasteiger partial charge in [0.05, 0.1) is 6.42 Å². The van der Waals surface area contributed by atoms with E-state index in [2.05, 4.69) is 17.3 Å². The highest BCUT2D eigenvalue weighted by Gasteiger charge is 2.18. The third-order valence-corrected chi connectivity index (χ3v) is 3.86. The molecule has 1 aliphatic heterocycles. The Morgan fingerprint density at radius 1 is 1.08 bits per heavy atom. The monoisotopic (exact) mass is 376 g/mol. The lowest BCUT2D eigenvalue weighted by Gasteiger charge is -2.32. The van der Waals surface area contributed by atoms with Crippen LogP contribution >= 0.6 is 24.8 Å². The molecule has 0 saturated carbocycles. The second-order valence-corrected chi connectivity index (χ2v) is 5.70. The number of likely N-dealkylation sites (N-methyl/N-ethyl adjacent to an activating group) is 1. The molecule has 1 aliphatic rings. The van der Waals surface area contributed by atoms with Gasteiger partial charge in [0.15, 0.2) is 0 Å². The van der Waals surface area contributed by atoms with E-state index in [-0.39, 0.29) is 36.6 Å². The van der Waals surface area contributed by atoms with Gasteiger partial charge in [-0.3, -0.25) is 9.59 Å². The van der Waals surface area contributed by atoms with E-state index < -0.39 is 0 Å². The van der Waals surface area contributed by atoms with Crippen molar-refractivity contribution in [2.45, 2.75) is 12.8 Å². The number of nitrogen functional groups attached to an aromatic ring is 1. The summed E-state index contributed by atoms with van der Waals surface area (Å²) in [4.78, 5) is 27.9. The van der Waals surface area contributed by atoms with E-state index in [4.69, 9.17) is 5.73 Å². The third-order valence-electron chi connectivity index (χ3n) is 3.86. The Morgan fingerprint density at radius 2 is 1.67 bits per heavy atom. The molecule has 6 nitrogen and oxygen atoms in total. The summed E-state index contributed by atoms with van der Waals surface area (Å²) in [5.74, 6) is 0.0387. The Bertz CT molecular complexity index is 517. The molecule has 0 aromatic heterocycles. The highest BCUT2D eigenvalue weighted by molar-refractivity contribution is 5.85. The molecule has 136 valence electrons. The summed E-state index contributed by atoms with van der Waals surface area (Å²) in [6.45, 7) is 3.76. The number of nitrogens with two attached hydrogens (primary N) is 1. The maximum Gasteiger partial charge on any atom is 0.224 e. The van der Waals surface area contributed by atoms with E-state index in [1.165, 1.54) is 0 Å². The number of carbonyl (C=O) groups is 2. The van der Waals surface area contributed by atoms with Gasteiger partial charge in [0, 0.05) is 44.8 Å². The van der Waals surface area contributed by atoms with Crippen LogP contribution in [0.1, 0.15) is 12.0 Å². The van der Waals surface area contributed by atoms with Crippen LogP contribution < -0.4 is 11.1 Å². The van der Waals surface area contributed by atoms with Crippen molar-refractivity contribution in [1.29, 1.82) is 0 Å². The summed E-state index contributed by atoms with van der Waals surface area (Å²) < 4.78 is 0. The van der Waals surface area contributed by atoms with Gasteiger partial charge >= 0.3 is 0 Å². The number of benzene rings is 1. The molecule has 24 heavy (non-hydrogen) atoms. The van der Waals surface area contributed by atoms with Crippen molar-refractivity contribution in [3.8, 4) is 0 Å². The number of amides is 2. The normalized spacial score (nSPS) is 14.3. The molecule has 1 saturated heterocycles. The Morgan fingerprint density at radius 3 is 2.25 bits per heavy atom. The number of hydrogen-bond donors (Lipinski definition) is 2. The molecule has 0 unspecified atom stereocenters. The molecule has 0 bridgehead atoms. The molecule has 0 radical (unpaired) electrons. The summed E-state index contributed by atoms with van der Waals surface area (Å²) in [5.41, 5.74) is 7.20. The van der Waals surface area contributed by atoms with Crippen molar-refractivity contribution in [1.82, 2.24) is 15.1 Å². The number of hydrogen-bond acceptors (Lipinski definition) is 4. The lowest BCUT2D eigenvalue weighted by molar-refractivity contribution is -0.132. The van der Waals surface area contributed by atoms with Gasteiger partial charge in [0.1, 0.15) is 0 Å². The molecule has 8 heteroatoms. The van der Waals surface area contributed by atoms with Crippen LogP contribution in [0.3, 0.4) is 0 Å². The van der Waals surface area contributed by atoms with Crippen LogP contribution in [-0.2, 0) is 16.0 Å². The first kappa shape index (κ1) is 22.5. The predicted molar refractivity (Wildman–Crippen MR) is 101 cm³/mol. The van der Waals surface area contributed by atoms with E-state index in [1.807, 2.05) is 17.0 Å². The van der Waals surface area contributed by atoms with Crippen molar-refractivity contribution >= 4 is 42.3 Å². The molecule has 2 amide bonds. The number of rotatable bonds is 5. The molecule has 0 aliphatic carbocycles. The number of halogens is 2. The number of anilines is 1. The lowest BCUT2D eigenvalue weighted by atomic mass is 10.1. The van der Waals surface area contributed by atoms with Crippen LogP contribution in [0.15, 0.2) is 24.3 Å². The van der Waals surface area contributed by atoms with Crippen LogP contribution in [0.5, 0.6) is 0 Å². The van der Waals surface area contributed by atoms with Crippen LogP contribution in [0.2, 0.25) is 0 Å². The number of piperazine rings is 1. The van der Waals surface area contributed by atoms with E-state index >= 15 is 0 Å². The fourth-order valence-corrected chi connectivity index (χ4v) is 2.41. The zero-order valence-corrected chi connectivity index (χ0v) is 15.5. The fraction of sp³-hybridized carbons (Fsp3) is 0.500. The summed E-state index contributed by atoms with van der Waals surface area (Å²) in [6, 6.07) is 7.23. The van der Waals surface area contributed by atoms with Crippen LogP contribution in [0, 0.1) is 0 Å². The lowest BCUT2D eigenvalue weighted by Crippen LogP contribution is -2.47. The Kier molecular flexibility index (Phi) is 10.4. The van der Waals surface area contributed by atoms with Crippen LogP contribution in [0.25, 0.3) is 0 Å². The first-order valence-corrected chi connectivity index (χ1v) is 7.62. The second-order valence-electron chi connectivity index (χ2n) is 5.70. The van der Waals surface area contributed by atoms with Crippen molar-refractivity contribution in [2.75, 3.05) is 45.5 Å². The summed E-state index contributed by atoms with van der Waals surface area (Å²) >= 11 is 0. The van der Waals surface area contributed by atoms with E-state index in [0.717, 1.165) is 31.7 Å². The molecule has 1 heterocycles. The molecule has 1 aromatic carbocycles. The summed E-state index contributed by atoms with van der Waals surface area (Å²) in [5, 5.41) is 2.80. The van der Waals surface area contributed by atoms with Gasteiger partial charge in [-0.1, -0.05) is 12.1 Å². The molecule has 1 fully saturated rings. The van der Waals surface area contributed by atoms with Gasteiger partial charge in [-0.15, -0.1) is 24.8 Å². The van der Waals surface area contributed by atoms with Crippen molar-refractivity contribution < 1.29 is 9.59 Å². The SMILES string of the molecule is CN1CCN(C(=O)CCNC(=O)Cc2ccc(N)cc2)CC1.Cl.Cl. The van der Waals surface area contributed by atoms with Gasteiger partial charge in [0.2, 0.25) is 11.8 Å². The quantitative estimate of drug-likeness (QED) is 0.749. The highest BCUT2D eigenvalue weighted by Crippen LogP contribution is 2.06. The summed E-state index contributed by atoms with van der Waals surface area (Å²) in [6.07, 6.45) is 0.667. The molecular weight excluding hydrogens is 351 g/mol. The standard InChI is InChI=1S/C16H24N4O2.2ClH/c1-19-8-10-20(11-9-19)16(22)6-7-18-15(21)12-13-2-4-14(17)5-3-13;;/h2-5H,6-12,17H2,1H3,(H,18,21);2*1H. The van der Waals surface area contributed by atoms with Crippen LogP contribution in [0.4, 0.5) is 5.69 Å². The minimum atomic E-state index is -0.0732. The molecule has 0 atom stereocenters. The van der Waals surface area contributed by atoms with Crippen molar-refractivity contribution in [2.24, 2.45) is 0 Å². The number of carbonyl (C=O) groups excluding carboxylic acids is 2. The van der Waals surface area contributed by atoms with Gasteiger partial charge in [0.25, 0.3) is 0 Å². The average Bonchev–Trinajstić information content (AvgIpc) is 2.50. The Balaban J connectivity index is 0.00000264. The first-order chi connectivity index (χ1) is 10.5. The Hall–Kier alpha value is -1.50. The molecular formula is C16H26Cl2N4O2. The minimum absolute atomic E-state index is 0. The largest absolute Gasteiger partial charge is 0.399 e.